The highest BCUT2D eigenvalue weighted by Crippen LogP contribution is 2.30. The average molecular weight is 575 g/mol. The number of anilines is 1. The van der Waals surface area contributed by atoms with E-state index >= 15 is 0 Å². The van der Waals surface area contributed by atoms with Gasteiger partial charge in [0.25, 0.3) is 0 Å². The molecule has 3 fully saturated rings. The highest BCUT2D eigenvalue weighted by atomic mass is 16.2. The second kappa shape index (κ2) is 15.9. The van der Waals surface area contributed by atoms with E-state index in [0.717, 1.165) is 66.9 Å². The van der Waals surface area contributed by atoms with Crippen molar-refractivity contribution in [2.24, 2.45) is 10.9 Å². The number of benzene rings is 1. The van der Waals surface area contributed by atoms with Gasteiger partial charge in [0, 0.05) is 56.9 Å². The first-order valence-electron chi connectivity index (χ1n) is 15.4. The zero-order chi connectivity index (χ0) is 29.7. The van der Waals surface area contributed by atoms with Gasteiger partial charge in [0.2, 0.25) is 18.2 Å². The molecule has 0 spiro atoms. The Hall–Kier alpha value is -3.88. The molecule has 5 rings (SSSR count). The van der Waals surface area contributed by atoms with Crippen LogP contribution in [0.25, 0.3) is 11.9 Å². The fourth-order valence-electron chi connectivity index (χ4n) is 5.51. The maximum Gasteiger partial charge on any atom is 0.227 e. The minimum Gasteiger partial charge on any atom is -0.368 e. The highest BCUT2D eigenvalue weighted by Gasteiger charge is 2.29. The molecule has 0 radical (unpaired) electrons. The molecule has 0 bridgehead atoms. The standard InChI is InChI=1S/C25H32N4O.C8H14N2O2/c1-18-7-6-16-29(24(18)26-2)23(27-21-8-4-3-5-9-21)17-19-10-14-22(15-11-19)28-25(30)20-12-13-20;11-7-9-4-2-6-10-5-1-3-8(10)12/h6-7,10-11,14-17,20-21,27H,3-5,8-9,12-13H2,1-2H3,(H,28,30);7H,1-6H2,(H,9,11)/b23-17+,26-24?;. The van der Waals surface area contributed by atoms with Crippen molar-refractivity contribution in [3.05, 3.63) is 59.2 Å². The van der Waals surface area contributed by atoms with Crippen LogP contribution in [0.2, 0.25) is 0 Å². The van der Waals surface area contributed by atoms with Crippen molar-refractivity contribution in [1.82, 2.24) is 20.1 Å². The zero-order valence-corrected chi connectivity index (χ0v) is 25.1. The van der Waals surface area contributed by atoms with Crippen LogP contribution in [-0.2, 0) is 14.4 Å². The molecule has 3 aliphatic rings. The van der Waals surface area contributed by atoms with E-state index in [2.05, 4.69) is 69.0 Å². The number of hydrogen-bond donors (Lipinski definition) is 3. The van der Waals surface area contributed by atoms with Crippen LogP contribution in [-0.4, -0.2) is 60.4 Å². The summed E-state index contributed by atoms with van der Waals surface area (Å²) in [5.41, 5.74) is 4.06. The van der Waals surface area contributed by atoms with E-state index in [1.54, 1.807) is 0 Å². The Balaban J connectivity index is 0.000000283. The van der Waals surface area contributed by atoms with Crippen LogP contribution < -0.4 is 21.4 Å². The van der Waals surface area contributed by atoms with E-state index in [9.17, 15) is 14.4 Å². The molecule has 3 N–H and O–H groups in total. The van der Waals surface area contributed by atoms with Crippen LogP contribution in [0.4, 0.5) is 5.69 Å². The van der Waals surface area contributed by atoms with Gasteiger partial charge in [0.1, 0.15) is 11.3 Å². The van der Waals surface area contributed by atoms with E-state index in [1.807, 2.05) is 24.1 Å². The molecule has 0 atom stereocenters. The highest BCUT2D eigenvalue weighted by molar-refractivity contribution is 5.94. The first kappa shape index (κ1) is 31.1. The molecule has 9 nitrogen and oxygen atoms in total. The lowest BCUT2D eigenvalue weighted by atomic mass is 9.95. The van der Waals surface area contributed by atoms with Gasteiger partial charge in [-0.1, -0.05) is 37.5 Å². The van der Waals surface area contributed by atoms with Crippen LogP contribution in [0.3, 0.4) is 0 Å². The lowest BCUT2D eigenvalue weighted by Gasteiger charge is -2.26. The quantitative estimate of drug-likeness (QED) is 0.275. The summed E-state index contributed by atoms with van der Waals surface area (Å²) in [6.07, 6.45) is 15.8. The van der Waals surface area contributed by atoms with Crippen LogP contribution >= 0.6 is 0 Å². The number of carbonyl (C=O) groups is 3. The molecule has 2 saturated carbocycles. The van der Waals surface area contributed by atoms with Gasteiger partial charge in [-0.25, -0.2) is 0 Å². The van der Waals surface area contributed by atoms with E-state index in [1.165, 1.54) is 32.1 Å². The molecule has 2 aliphatic carbocycles. The van der Waals surface area contributed by atoms with Gasteiger partial charge in [-0.15, -0.1) is 0 Å². The summed E-state index contributed by atoms with van der Waals surface area (Å²) in [6, 6.07) is 12.7. The Morgan fingerprint density at radius 3 is 2.45 bits per heavy atom. The van der Waals surface area contributed by atoms with Crippen molar-refractivity contribution in [3.63, 3.8) is 0 Å². The first-order valence-corrected chi connectivity index (χ1v) is 15.4. The third-order valence-corrected chi connectivity index (χ3v) is 8.02. The largest absolute Gasteiger partial charge is 0.368 e. The number of rotatable bonds is 11. The molecule has 1 aromatic carbocycles. The fourth-order valence-corrected chi connectivity index (χ4v) is 5.51. The number of hydrogen-bond acceptors (Lipinski definition) is 5. The number of aryl methyl sites for hydroxylation is 1. The topological polar surface area (TPSA) is 108 Å². The number of pyridine rings is 1. The number of nitrogens with one attached hydrogen (secondary N) is 3. The Morgan fingerprint density at radius 1 is 1.05 bits per heavy atom. The number of nitrogens with zero attached hydrogens (tertiary/aromatic N) is 3. The minimum absolute atomic E-state index is 0.141. The normalized spacial score (nSPS) is 17.9. The maximum absolute atomic E-state index is 12.0. The molecule has 9 heteroatoms. The average Bonchev–Trinajstić information content (AvgIpc) is 3.78. The number of aromatic nitrogens is 1. The van der Waals surface area contributed by atoms with E-state index in [4.69, 9.17) is 0 Å². The van der Waals surface area contributed by atoms with Crippen molar-refractivity contribution in [2.75, 3.05) is 32.0 Å². The number of likely N-dealkylation sites (tertiary alicyclic amines) is 1. The summed E-state index contributed by atoms with van der Waals surface area (Å²) in [6.45, 7) is 4.42. The van der Waals surface area contributed by atoms with Crippen LogP contribution in [0, 0.1) is 12.8 Å². The second-order valence-electron chi connectivity index (χ2n) is 11.4. The summed E-state index contributed by atoms with van der Waals surface area (Å²) in [5, 5.41) is 9.37. The Labute approximate surface area is 249 Å². The van der Waals surface area contributed by atoms with Crippen LogP contribution in [0.15, 0.2) is 47.6 Å². The SMILES string of the molecule is CN=c1c(C)cccn1/C(=C/c1ccc(NC(=O)C2CC2)cc1)NC1CCCCC1.O=CNCCCN1CCCC1=O. The summed E-state index contributed by atoms with van der Waals surface area (Å²) < 4.78 is 2.15. The lowest BCUT2D eigenvalue weighted by Crippen LogP contribution is -2.35. The molecule has 42 heavy (non-hydrogen) atoms. The van der Waals surface area contributed by atoms with E-state index in [0.29, 0.717) is 25.4 Å². The molecular weight excluding hydrogens is 528 g/mol. The van der Waals surface area contributed by atoms with Crippen LogP contribution in [0.1, 0.15) is 75.3 Å². The maximum atomic E-state index is 12.0. The Kier molecular flexibility index (Phi) is 11.8. The fraction of sp³-hybridized carbons (Fsp3) is 0.515. The third-order valence-electron chi connectivity index (χ3n) is 8.02. The Bertz CT molecular complexity index is 1290. The predicted molar refractivity (Wildman–Crippen MR) is 167 cm³/mol. The van der Waals surface area contributed by atoms with Crippen LogP contribution in [0.5, 0.6) is 0 Å². The first-order chi connectivity index (χ1) is 20.5. The molecule has 1 saturated heterocycles. The molecule has 1 aliphatic heterocycles. The van der Waals surface area contributed by atoms with Gasteiger partial charge in [-0.05, 0) is 80.9 Å². The zero-order valence-electron chi connectivity index (χ0n) is 25.1. The molecule has 2 heterocycles. The lowest BCUT2D eigenvalue weighted by molar-refractivity contribution is -0.127. The summed E-state index contributed by atoms with van der Waals surface area (Å²) in [7, 11) is 1.84. The van der Waals surface area contributed by atoms with Crippen molar-refractivity contribution in [1.29, 1.82) is 0 Å². The van der Waals surface area contributed by atoms with Crippen molar-refractivity contribution in [2.45, 2.75) is 77.2 Å². The Morgan fingerprint density at radius 2 is 1.81 bits per heavy atom. The summed E-state index contributed by atoms with van der Waals surface area (Å²) in [4.78, 5) is 39.3. The van der Waals surface area contributed by atoms with E-state index in [-0.39, 0.29) is 17.7 Å². The summed E-state index contributed by atoms with van der Waals surface area (Å²) >= 11 is 0. The van der Waals surface area contributed by atoms with Gasteiger partial charge in [-0.3, -0.25) is 23.9 Å². The monoisotopic (exact) mass is 574 g/mol. The molecule has 3 amide bonds. The molecular formula is C33H46N6O3. The molecule has 0 unspecified atom stereocenters. The second-order valence-corrected chi connectivity index (χ2v) is 11.4. The third kappa shape index (κ3) is 9.33. The molecule has 2 aromatic rings. The van der Waals surface area contributed by atoms with Crippen molar-refractivity contribution in [3.8, 4) is 0 Å². The van der Waals surface area contributed by atoms with Crippen molar-refractivity contribution < 1.29 is 14.4 Å². The van der Waals surface area contributed by atoms with Gasteiger partial charge in [0.05, 0.1) is 0 Å². The minimum atomic E-state index is 0.141. The number of amides is 3. The predicted octanol–water partition coefficient (Wildman–Crippen LogP) is 4.30. The number of carbonyl (C=O) groups excluding carboxylic acids is 3. The summed E-state index contributed by atoms with van der Waals surface area (Å²) in [5.74, 6) is 1.65. The molecule has 226 valence electrons. The molecule has 1 aromatic heterocycles. The van der Waals surface area contributed by atoms with Crippen molar-refractivity contribution >= 4 is 35.8 Å². The van der Waals surface area contributed by atoms with Gasteiger partial charge < -0.3 is 20.9 Å². The van der Waals surface area contributed by atoms with E-state index < -0.39 is 0 Å². The van der Waals surface area contributed by atoms with Gasteiger partial charge in [0.15, 0.2) is 0 Å². The smallest absolute Gasteiger partial charge is 0.227 e. The van der Waals surface area contributed by atoms with Gasteiger partial charge >= 0.3 is 0 Å². The van der Waals surface area contributed by atoms with Gasteiger partial charge in [-0.2, -0.15) is 0 Å².